The number of hydrogen-bond donors (Lipinski definition) is 2. The van der Waals surface area contributed by atoms with E-state index in [2.05, 4.69) is 0 Å². The number of phenols is 1. The molecule has 14 heavy (non-hydrogen) atoms. The second-order valence-corrected chi connectivity index (χ2v) is 3.40. The van der Waals surface area contributed by atoms with Crippen LogP contribution in [0.2, 0.25) is 0 Å². The molecule has 0 spiro atoms. The fraction of sp³-hybridized carbons (Fsp3) is 0.455. The van der Waals surface area contributed by atoms with Gasteiger partial charge in [-0.05, 0) is 30.5 Å². The summed E-state index contributed by atoms with van der Waals surface area (Å²) in [4.78, 5) is 0. The molecule has 1 rings (SSSR count). The van der Waals surface area contributed by atoms with Gasteiger partial charge in [0.05, 0.1) is 7.11 Å². The van der Waals surface area contributed by atoms with Crippen LogP contribution in [0.4, 0.5) is 0 Å². The molecule has 3 N–H and O–H groups in total. The molecule has 1 aromatic carbocycles. The van der Waals surface area contributed by atoms with E-state index in [1.807, 2.05) is 19.1 Å². The first-order chi connectivity index (χ1) is 6.69. The lowest BCUT2D eigenvalue weighted by Crippen LogP contribution is -2.04. The SMILES string of the molecule is COc1ccc(C(C)CCN)c(O)c1. The molecule has 1 aromatic rings. The van der Waals surface area contributed by atoms with E-state index in [0.717, 1.165) is 12.0 Å². The number of hydrogen-bond acceptors (Lipinski definition) is 3. The molecule has 0 radical (unpaired) electrons. The first kappa shape index (κ1) is 10.9. The summed E-state index contributed by atoms with van der Waals surface area (Å²) in [5.41, 5.74) is 6.39. The van der Waals surface area contributed by atoms with Crippen LogP contribution in [0.3, 0.4) is 0 Å². The summed E-state index contributed by atoms with van der Waals surface area (Å²) < 4.78 is 5.01. The van der Waals surface area contributed by atoms with Gasteiger partial charge in [-0.15, -0.1) is 0 Å². The van der Waals surface area contributed by atoms with Crippen LogP contribution < -0.4 is 10.5 Å². The summed E-state index contributed by atoms with van der Waals surface area (Å²) in [6, 6.07) is 5.36. The Balaban J connectivity index is 2.88. The van der Waals surface area contributed by atoms with Gasteiger partial charge < -0.3 is 15.6 Å². The molecule has 0 heterocycles. The largest absolute Gasteiger partial charge is 0.508 e. The molecule has 0 fully saturated rings. The number of benzene rings is 1. The number of nitrogens with two attached hydrogens (primary N) is 1. The van der Waals surface area contributed by atoms with Crippen molar-refractivity contribution in [2.24, 2.45) is 5.73 Å². The van der Waals surface area contributed by atoms with Crippen LogP contribution >= 0.6 is 0 Å². The first-order valence-electron chi connectivity index (χ1n) is 4.76. The van der Waals surface area contributed by atoms with Gasteiger partial charge in [0.25, 0.3) is 0 Å². The average molecular weight is 195 g/mol. The van der Waals surface area contributed by atoms with Gasteiger partial charge in [0.1, 0.15) is 11.5 Å². The molecule has 3 nitrogen and oxygen atoms in total. The highest BCUT2D eigenvalue weighted by molar-refractivity contribution is 5.41. The van der Waals surface area contributed by atoms with Crippen molar-refractivity contribution in [2.75, 3.05) is 13.7 Å². The van der Waals surface area contributed by atoms with Gasteiger partial charge in [-0.1, -0.05) is 13.0 Å². The predicted octanol–water partition coefficient (Wildman–Crippen LogP) is 1.85. The van der Waals surface area contributed by atoms with Crippen LogP contribution in [-0.4, -0.2) is 18.8 Å². The van der Waals surface area contributed by atoms with Crippen molar-refractivity contribution in [3.8, 4) is 11.5 Å². The Morgan fingerprint density at radius 2 is 2.21 bits per heavy atom. The molecule has 78 valence electrons. The fourth-order valence-corrected chi connectivity index (χ4v) is 1.47. The molecule has 0 saturated heterocycles. The number of rotatable bonds is 4. The minimum atomic E-state index is 0.283. The number of aromatic hydroxyl groups is 1. The standard InChI is InChI=1S/C11H17NO2/c1-8(5-6-12)10-4-3-9(14-2)7-11(10)13/h3-4,7-8,13H,5-6,12H2,1-2H3. The molecule has 0 amide bonds. The highest BCUT2D eigenvalue weighted by Gasteiger charge is 2.10. The van der Waals surface area contributed by atoms with Gasteiger partial charge in [-0.25, -0.2) is 0 Å². The maximum absolute atomic E-state index is 9.70. The lowest BCUT2D eigenvalue weighted by Gasteiger charge is -2.13. The summed E-state index contributed by atoms with van der Waals surface area (Å²) in [5, 5.41) is 9.70. The minimum Gasteiger partial charge on any atom is -0.508 e. The van der Waals surface area contributed by atoms with E-state index in [9.17, 15) is 5.11 Å². The molecule has 1 atom stereocenters. The molecule has 0 aliphatic rings. The fourth-order valence-electron chi connectivity index (χ4n) is 1.47. The Bertz CT molecular complexity index is 299. The third-order valence-corrected chi connectivity index (χ3v) is 2.37. The van der Waals surface area contributed by atoms with E-state index in [-0.39, 0.29) is 11.7 Å². The van der Waals surface area contributed by atoms with Crippen molar-refractivity contribution in [1.82, 2.24) is 0 Å². The van der Waals surface area contributed by atoms with Crippen molar-refractivity contribution >= 4 is 0 Å². The molecule has 0 aliphatic heterocycles. The molecule has 0 aliphatic carbocycles. The van der Waals surface area contributed by atoms with Crippen LogP contribution in [-0.2, 0) is 0 Å². The Morgan fingerprint density at radius 3 is 2.71 bits per heavy atom. The number of phenolic OH excluding ortho intramolecular Hbond substituents is 1. The van der Waals surface area contributed by atoms with Crippen LogP contribution in [0.15, 0.2) is 18.2 Å². The van der Waals surface area contributed by atoms with E-state index in [4.69, 9.17) is 10.5 Å². The topological polar surface area (TPSA) is 55.5 Å². The van der Waals surface area contributed by atoms with Crippen LogP contribution in [0, 0.1) is 0 Å². The maximum atomic E-state index is 9.70. The molecule has 0 bridgehead atoms. The van der Waals surface area contributed by atoms with Gasteiger partial charge in [0, 0.05) is 6.07 Å². The highest BCUT2D eigenvalue weighted by Crippen LogP contribution is 2.30. The van der Waals surface area contributed by atoms with Gasteiger partial charge >= 0.3 is 0 Å². The van der Waals surface area contributed by atoms with Crippen molar-refractivity contribution in [3.05, 3.63) is 23.8 Å². The Kier molecular flexibility index (Phi) is 3.77. The lowest BCUT2D eigenvalue weighted by molar-refractivity contribution is 0.405. The average Bonchev–Trinajstić information content (AvgIpc) is 2.17. The minimum absolute atomic E-state index is 0.283. The Hall–Kier alpha value is -1.22. The van der Waals surface area contributed by atoms with Crippen LogP contribution in [0.25, 0.3) is 0 Å². The van der Waals surface area contributed by atoms with E-state index in [1.54, 1.807) is 13.2 Å². The maximum Gasteiger partial charge on any atom is 0.122 e. The number of methoxy groups -OCH3 is 1. The van der Waals surface area contributed by atoms with Crippen LogP contribution in [0.5, 0.6) is 11.5 Å². The third-order valence-electron chi connectivity index (χ3n) is 2.37. The molecular weight excluding hydrogens is 178 g/mol. The Morgan fingerprint density at radius 1 is 1.50 bits per heavy atom. The van der Waals surface area contributed by atoms with E-state index in [1.165, 1.54) is 0 Å². The van der Waals surface area contributed by atoms with Crippen molar-refractivity contribution < 1.29 is 9.84 Å². The molecular formula is C11H17NO2. The number of ether oxygens (including phenoxy) is 1. The molecule has 3 heteroatoms. The lowest BCUT2D eigenvalue weighted by atomic mass is 9.97. The normalized spacial score (nSPS) is 12.5. The zero-order valence-electron chi connectivity index (χ0n) is 8.66. The van der Waals surface area contributed by atoms with Crippen LogP contribution in [0.1, 0.15) is 24.8 Å². The van der Waals surface area contributed by atoms with Crippen molar-refractivity contribution in [1.29, 1.82) is 0 Å². The van der Waals surface area contributed by atoms with Crippen molar-refractivity contribution in [2.45, 2.75) is 19.3 Å². The van der Waals surface area contributed by atoms with Gasteiger partial charge in [0.2, 0.25) is 0 Å². The summed E-state index contributed by atoms with van der Waals surface area (Å²) in [6.07, 6.45) is 0.875. The first-order valence-corrected chi connectivity index (χ1v) is 4.76. The van der Waals surface area contributed by atoms with E-state index in [0.29, 0.717) is 12.3 Å². The van der Waals surface area contributed by atoms with Gasteiger partial charge in [0.15, 0.2) is 0 Å². The predicted molar refractivity (Wildman–Crippen MR) is 56.7 cm³/mol. The molecule has 0 saturated carbocycles. The molecule has 0 aromatic heterocycles. The summed E-state index contributed by atoms with van der Waals surface area (Å²) in [5.74, 6) is 1.24. The second kappa shape index (κ2) is 4.86. The summed E-state index contributed by atoms with van der Waals surface area (Å²) in [6.45, 7) is 2.68. The van der Waals surface area contributed by atoms with Gasteiger partial charge in [-0.2, -0.15) is 0 Å². The van der Waals surface area contributed by atoms with E-state index < -0.39 is 0 Å². The molecule has 1 unspecified atom stereocenters. The highest BCUT2D eigenvalue weighted by atomic mass is 16.5. The summed E-state index contributed by atoms with van der Waals surface area (Å²) in [7, 11) is 1.58. The second-order valence-electron chi connectivity index (χ2n) is 3.40. The zero-order chi connectivity index (χ0) is 10.6. The van der Waals surface area contributed by atoms with Crippen molar-refractivity contribution in [3.63, 3.8) is 0 Å². The van der Waals surface area contributed by atoms with Gasteiger partial charge in [-0.3, -0.25) is 0 Å². The Labute approximate surface area is 84.5 Å². The summed E-state index contributed by atoms with van der Waals surface area (Å²) >= 11 is 0. The third kappa shape index (κ3) is 2.39. The zero-order valence-corrected chi connectivity index (χ0v) is 8.66. The quantitative estimate of drug-likeness (QED) is 0.771. The monoisotopic (exact) mass is 195 g/mol. The smallest absolute Gasteiger partial charge is 0.122 e. The van der Waals surface area contributed by atoms with E-state index >= 15 is 0 Å².